The minimum Gasteiger partial charge on any atom is -0.377 e. The lowest BCUT2D eigenvalue weighted by molar-refractivity contribution is -0.132. The maximum absolute atomic E-state index is 11.1. The van der Waals surface area contributed by atoms with Gasteiger partial charge in [-0.3, -0.25) is 0 Å². The zero-order valence-electron chi connectivity index (χ0n) is 9.19. The van der Waals surface area contributed by atoms with Gasteiger partial charge in [-0.2, -0.15) is 0 Å². The number of carbonyl (C=O) groups excluding carboxylic acids is 1. The first-order valence-electron chi connectivity index (χ1n) is 6.10. The number of hydrogen-bond acceptors (Lipinski definition) is 3. The first kappa shape index (κ1) is 11.1. The predicted molar refractivity (Wildman–Crippen MR) is 56.7 cm³/mol. The number of hydrogen-bond donors (Lipinski definition) is 0. The molecule has 0 spiro atoms. The van der Waals surface area contributed by atoms with Crippen molar-refractivity contribution in [3.8, 4) is 0 Å². The summed E-state index contributed by atoms with van der Waals surface area (Å²) in [5, 5.41) is 0. The summed E-state index contributed by atoms with van der Waals surface area (Å²) in [6.07, 6.45) is 7.93. The highest BCUT2D eigenvalue weighted by Gasteiger charge is 2.32. The molecule has 2 saturated heterocycles. The van der Waals surface area contributed by atoms with E-state index in [0.717, 1.165) is 45.2 Å². The zero-order valence-corrected chi connectivity index (χ0v) is 9.19. The zero-order chi connectivity index (χ0) is 10.5. The van der Waals surface area contributed by atoms with Crippen LogP contribution in [0.2, 0.25) is 0 Å². The third kappa shape index (κ3) is 2.79. The third-order valence-corrected chi connectivity index (χ3v) is 3.45. The third-order valence-electron chi connectivity index (χ3n) is 3.45. The van der Waals surface area contributed by atoms with Gasteiger partial charge in [0.25, 0.3) is 0 Å². The van der Waals surface area contributed by atoms with E-state index in [1.54, 1.807) is 0 Å². The average Bonchev–Trinajstić information content (AvgIpc) is 2.33. The van der Waals surface area contributed by atoms with Crippen molar-refractivity contribution < 1.29 is 14.3 Å². The second-order valence-electron chi connectivity index (χ2n) is 4.52. The molecule has 2 rings (SSSR count). The van der Waals surface area contributed by atoms with Crippen molar-refractivity contribution in [2.45, 2.75) is 50.7 Å². The minimum atomic E-state index is -0.0365. The van der Waals surface area contributed by atoms with Gasteiger partial charge < -0.3 is 14.3 Å². The van der Waals surface area contributed by atoms with E-state index >= 15 is 0 Å². The lowest BCUT2D eigenvalue weighted by Crippen LogP contribution is -2.40. The van der Waals surface area contributed by atoms with Crippen LogP contribution in [0.4, 0.5) is 0 Å². The van der Waals surface area contributed by atoms with Crippen LogP contribution in [0.25, 0.3) is 0 Å². The van der Waals surface area contributed by atoms with Gasteiger partial charge in [-0.1, -0.05) is 0 Å². The molecule has 0 bridgehead atoms. The minimum absolute atomic E-state index is 0.0365. The summed E-state index contributed by atoms with van der Waals surface area (Å²) in [5.41, 5.74) is 0. The Balaban J connectivity index is 1.91. The van der Waals surface area contributed by atoms with E-state index in [0.29, 0.717) is 0 Å². The number of rotatable bonds is 3. The summed E-state index contributed by atoms with van der Waals surface area (Å²) in [4.78, 5) is 11.1. The Hall–Kier alpha value is -0.410. The van der Waals surface area contributed by atoms with Crippen molar-refractivity contribution in [3.05, 3.63) is 0 Å². The van der Waals surface area contributed by atoms with Crippen molar-refractivity contribution in [1.29, 1.82) is 0 Å². The van der Waals surface area contributed by atoms with Crippen LogP contribution in [0.1, 0.15) is 38.5 Å². The largest absolute Gasteiger partial charge is 0.377 e. The van der Waals surface area contributed by atoms with Gasteiger partial charge >= 0.3 is 0 Å². The summed E-state index contributed by atoms with van der Waals surface area (Å²) < 4.78 is 11.3. The quantitative estimate of drug-likeness (QED) is 0.671. The molecular weight excluding hydrogens is 192 g/mol. The molecule has 0 saturated carbocycles. The molecule has 2 unspecified atom stereocenters. The Morgan fingerprint density at radius 3 is 1.80 bits per heavy atom. The van der Waals surface area contributed by atoms with E-state index in [9.17, 15) is 4.79 Å². The van der Waals surface area contributed by atoms with E-state index in [4.69, 9.17) is 9.47 Å². The SMILES string of the molecule is O=CC(C1CCCCO1)C1CCCCO1. The van der Waals surface area contributed by atoms with Gasteiger partial charge in [-0.25, -0.2) is 0 Å². The van der Waals surface area contributed by atoms with E-state index < -0.39 is 0 Å². The molecule has 3 nitrogen and oxygen atoms in total. The Morgan fingerprint density at radius 2 is 1.47 bits per heavy atom. The Kier molecular flexibility index (Phi) is 4.15. The highest BCUT2D eigenvalue weighted by atomic mass is 16.5. The van der Waals surface area contributed by atoms with Crippen LogP contribution in [0.15, 0.2) is 0 Å². The summed E-state index contributed by atoms with van der Waals surface area (Å²) in [6, 6.07) is 0. The number of ether oxygens (including phenoxy) is 2. The lowest BCUT2D eigenvalue weighted by atomic mass is 9.88. The number of aldehydes is 1. The molecule has 86 valence electrons. The van der Waals surface area contributed by atoms with Crippen molar-refractivity contribution in [2.75, 3.05) is 13.2 Å². The van der Waals surface area contributed by atoms with Crippen molar-refractivity contribution in [2.24, 2.45) is 5.92 Å². The molecule has 2 atom stereocenters. The molecular formula is C12H20O3. The second-order valence-corrected chi connectivity index (χ2v) is 4.52. The molecule has 0 aromatic rings. The van der Waals surface area contributed by atoms with Gasteiger partial charge in [-0.05, 0) is 38.5 Å². The Morgan fingerprint density at radius 1 is 0.933 bits per heavy atom. The van der Waals surface area contributed by atoms with Gasteiger partial charge in [0.15, 0.2) is 0 Å². The van der Waals surface area contributed by atoms with Crippen molar-refractivity contribution in [3.63, 3.8) is 0 Å². The highest BCUT2D eigenvalue weighted by Crippen LogP contribution is 2.27. The molecule has 0 aromatic carbocycles. The fourth-order valence-corrected chi connectivity index (χ4v) is 2.55. The molecule has 0 radical (unpaired) electrons. The van der Waals surface area contributed by atoms with Crippen LogP contribution in [0.3, 0.4) is 0 Å². The van der Waals surface area contributed by atoms with Gasteiger partial charge in [0.05, 0.1) is 18.1 Å². The molecule has 2 heterocycles. The van der Waals surface area contributed by atoms with Crippen LogP contribution in [0, 0.1) is 5.92 Å². The smallest absolute Gasteiger partial charge is 0.128 e. The maximum Gasteiger partial charge on any atom is 0.128 e. The van der Waals surface area contributed by atoms with Crippen molar-refractivity contribution in [1.82, 2.24) is 0 Å². The topological polar surface area (TPSA) is 35.5 Å². The molecule has 3 heteroatoms. The standard InChI is InChI=1S/C12H20O3/c13-9-10(11-5-1-3-7-14-11)12-6-2-4-8-15-12/h9-12H,1-8H2. The Bertz CT molecular complexity index is 175. The maximum atomic E-state index is 11.1. The van der Waals surface area contributed by atoms with Gasteiger partial charge in [-0.15, -0.1) is 0 Å². The molecule has 0 amide bonds. The van der Waals surface area contributed by atoms with Gasteiger partial charge in [0.2, 0.25) is 0 Å². The van der Waals surface area contributed by atoms with Crippen LogP contribution in [0.5, 0.6) is 0 Å². The van der Waals surface area contributed by atoms with Gasteiger partial charge in [0, 0.05) is 13.2 Å². The van der Waals surface area contributed by atoms with E-state index in [-0.39, 0.29) is 18.1 Å². The Labute approximate surface area is 91.1 Å². The summed E-state index contributed by atoms with van der Waals surface area (Å²) in [6.45, 7) is 1.61. The molecule has 2 aliphatic rings. The summed E-state index contributed by atoms with van der Waals surface area (Å²) in [7, 11) is 0. The van der Waals surface area contributed by atoms with Crippen LogP contribution < -0.4 is 0 Å². The number of carbonyl (C=O) groups is 1. The fourth-order valence-electron chi connectivity index (χ4n) is 2.55. The molecule has 0 N–H and O–H groups in total. The highest BCUT2D eigenvalue weighted by molar-refractivity contribution is 5.55. The van der Waals surface area contributed by atoms with Crippen LogP contribution in [-0.2, 0) is 14.3 Å². The second kappa shape index (κ2) is 5.61. The first-order valence-corrected chi connectivity index (χ1v) is 6.10. The molecule has 15 heavy (non-hydrogen) atoms. The molecule has 0 aromatic heterocycles. The fraction of sp³-hybridized carbons (Fsp3) is 0.917. The first-order chi connectivity index (χ1) is 7.42. The van der Waals surface area contributed by atoms with E-state index in [1.807, 2.05) is 0 Å². The molecule has 2 fully saturated rings. The van der Waals surface area contributed by atoms with E-state index in [2.05, 4.69) is 0 Å². The summed E-state index contributed by atoms with van der Waals surface area (Å²) in [5.74, 6) is -0.0365. The lowest BCUT2D eigenvalue weighted by Gasteiger charge is -2.34. The molecule has 2 aliphatic heterocycles. The van der Waals surface area contributed by atoms with Crippen molar-refractivity contribution >= 4 is 6.29 Å². The molecule has 0 aliphatic carbocycles. The normalized spacial score (nSPS) is 34.7. The van der Waals surface area contributed by atoms with E-state index in [1.165, 1.54) is 12.8 Å². The summed E-state index contributed by atoms with van der Waals surface area (Å²) >= 11 is 0. The predicted octanol–water partition coefficient (Wildman–Crippen LogP) is 1.94. The average molecular weight is 212 g/mol. The van der Waals surface area contributed by atoms with Gasteiger partial charge in [0.1, 0.15) is 6.29 Å². The van der Waals surface area contributed by atoms with Crippen LogP contribution >= 0.6 is 0 Å². The monoisotopic (exact) mass is 212 g/mol. The van der Waals surface area contributed by atoms with Crippen LogP contribution in [-0.4, -0.2) is 31.7 Å².